The number of benzene rings is 13. The van der Waals surface area contributed by atoms with Gasteiger partial charge in [-0.1, -0.05) is 237 Å². The Morgan fingerprint density at radius 2 is 0.649 bits per heavy atom. The highest BCUT2D eigenvalue weighted by atomic mass is 32.1. The molecule has 0 aliphatic heterocycles. The molecule has 14 rings (SSSR count). The highest BCUT2D eigenvalue weighted by Gasteiger charge is 2.20. The van der Waals surface area contributed by atoms with Crippen LogP contribution < -0.4 is 4.90 Å². The van der Waals surface area contributed by atoms with Gasteiger partial charge in [-0.05, 0) is 148 Å². The second kappa shape index (κ2) is 18.4. The van der Waals surface area contributed by atoms with Crippen molar-refractivity contribution in [1.82, 2.24) is 0 Å². The summed E-state index contributed by atoms with van der Waals surface area (Å²) >= 11 is 1.88. The molecule has 0 aliphatic carbocycles. The largest absolute Gasteiger partial charge is 0.311 e. The quantitative estimate of drug-likeness (QED) is 0.130. The number of nitrogens with zero attached hydrogens (tertiary/aromatic N) is 1. The van der Waals surface area contributed by atoms with Crippen molar-refractivity contribution >= 4 is 80.9 Å². The van der Waals surface area contributed by atoms with Gasteiger partial charge in [-0.3, -0.25) is 0 Å². The van der Waals surface area contributed by atoms with Crippen LogP contribution in [0.3, 0.4) is 0 Å². The average molecular weight is 958 g/mol. The lowest BCUT2D eigenvalue weighted by Gasteiger charge is -2.26. The second-order valence-electron chi connectivity index (χ2n) is 19.1. The molecule has 0 saturated heterocycles. The fourth-order valence-electron chi connectivity index (χ4n) is 11.3. The summed E-state index contributed by atoms with van der Waals surface area (Å²) in [7, 11) is 0. The molecule has 0 spiro atoms. The van der Waals surface area contributed by atoms with Gasteiger partial charge in [0.1, 0.15) is 0 Å². The third kappa shape index (κ3) is 7.63. The first-order chi connectivity index (χ1) is 36.7. The lowest BCUT2D eigenvalue weighted by molar-refractivity contribution is 1.28. The van der Waals surface area contributed by atoms with Gasteiger partial charge in [-0.25, -0.2) is 0 Å². The lowest BCUT2D eigenvalue weighted by Crippen LogP contribution is -2.09. The summed E-state index contributed by atoms with van der Waals surface area (Å²) in [6, 6.07) is 105. The predicted octanol–water partition coefficient (Wildman–Crippen LogP) is 21.0. The molecule has 74 heavy (non-hydrogen) atoms. The van der Waals surface area contributed by atoms with Gasteiger partial charge >= 0.3 is 0 Å². The van der Waals surface area contributed by atoms with Crippen molar-refractivity contribution < 1.29 is 0 Å². The van der Waals surface area contributed by atoms with E-state index in [1.165, 1.54) is 114 Å². The number of fused-ring (bicyclic) bond motifs is 7. The van der Waals surface area contributed by atoms with E-state index in [0.29, 0.717) is 0 Å². The van der Waals surface area contributed by atoms with Crippen molar-refractivity contribution in [3.63, 3.8) is 0 Å². The van der Waals surface area contributed by atoms with Crippen LogP contribution in [0.2, 0.25) is 0 Å². The highest BCUT2D eigenvalue weighted by Crippen LogP contribution is 2.47. The van der Waals surface area contributed by atoms with Crippen molar-refractivity contribution in [2.75, 3.05) is 4.90 Å². The Kier molecular flexibility index (Phi) is 10.8. The molecule has 0 N–H and O–H groups in total. The Bertz CT molecular complexity index is 4360. The first-order valence-electron chi connectivity index (χ1n) is 25.4. The molecule has 346 valence electrons. The molecule has 14 aromatic rings. The van der Waals surface area contributed by atoms with Crippen LogP contribution in [0.25, 0.3) is 119 Å². The van der Waals surface area contributed by atoms with Crippen molar-refractivity contribution in [2.24, 2.45) is 0 Å². The SMILES string of the molecule is c1ccc(-c2c(-c3ccccc3)c3cc(-c4ccc(N(c5ccc(-c6ccc(-c7cccc8ccccc78)cc6)cc5)c5ccc(-c6cccc7c6sc6ccccc67)cc5)cc4)ccc3c3ccccc23)cc1. The van der Waals surface area contributed by atoms with Crippen molar-refractivity contribution in [2.45, 2.75) is 0 Å². The van der Waals surface area contributed by atoms with Gasteiger partial charge in [0.15, 0.2) is 0 Å². The van der Waals surface area contributed by atoms with Crippen LogP contribution >= 0.6 is 11.3 Å². The fourth-order valence-corrected chi connectivity index (χ4v) is 12.6. The summed E-state index contributed by atoms with van der Waals surface area (Å²) in [4.78, 5) is 2.38. The summed E-state index contributed by atoms with van der Waals surface area (Å²) in [6.07, 6.45) is 0. The molecule has 0 bridgehead atoms. The zero-order valence-corrected chi connectivity index (χ0v) is 41.3. The zero-order valence-electron chi connectivity index (χ0n) is 40.5. The first kappa shape index (κ1) is 43.4. The van der Waals surface area contributed by atoms with Crippen molar-refractivity contribution in [1.29, 1.82) is 0 Å². The Hall–Kier alpha value is -9.34. The normalized spacial score (nSPS) is 11.5. The van der Waals surface area contributed by atoms with E-state index in [4.69, 9.17) is 0 Å². The van der Waals surface area contributed by atoms with Gasteiger partial charge < -0.3 is 4.90 Å². The van der Waals surface area contributed by atoms with E-state index in [1.54, 1.807) is 0 Å². The zero-order chi connectivity index (χ0) is 49.0. The minimum Gasteiger partial charge on any atom is -0.311 e. The summed E-state index contributed by atoms with van der Waals surface area (Å²) in [5.74, 6) is 0. The molecule has 0 amide bonds. The standard InChI is InChI=1S/C72H47NS/c1-3-16-54(17-4-1)70-66-24-10-9-22-63(66)64-46-39-56(47-68(64)71(70)55-18-5-2-6-19-55)50-35-42-58(43-36-50)73(59-44-37-53(38-45-59)62-26-14-27-67-65-23-11-12-28-69(65)74-72(62)67)57-40-33-49(34-41-57)48-29-31-52(32-30-48)61-25-13-20-51-15-7-8-21-60(51)61/h1-47H. The Labute approximate surface area is 435 Å². The van der Waals surface area contributed by atoms with Crippen LogP contribution in [0.5, 0.6) is 0 Å². The second-order valence-corrected chi connectivity index (χ2v) is 20.2. The molecule has 0 radical (unpaired) electrons. The molecule has 1 aromatic heterocycles. The molecule has 1 heterocycles. The topological polar surface area (TPSA) is 3.24 Å². The van der Waals surface area contributed by atoms with Crippen LogP contribution in [-0.2, 0) is 0 Å². The number of hydrogen-bond acceptors (Lipinski definition) is 2. The molecule has 0 atom stereocenters. The molecule has 0 fully saturated rings. The van der Waals surface area contributed by atoms with Crippen LogP contribution in [0.1, 0.15) is 0 Å². The molecule has 1 nitrogen and oxygen atoms in total. The van der Waals surface area contributed by atoms with E-state index < -0.39 is 0 Å². The highest BCUT2D eigenvalue weighted by molar-refractivity contribution is 7.26. The molecule has 0 aliphatic rings. The van der Waals surface area contributed by atoms with E-state index in [0.717, 1.165) is 22.6 Å². The van der Waals surface area contributed by atoms with E-state index >= 15 is 0 Å². The van der Waals surface area contributed by atoms with Crippen LogP contribution in [0.4, 0.5) is 17.1 Å². The maximum absolute atomic E-state index is 2.41. The third-order valence-electron chi connectivity index (χ3n) is 14.9. The number of thiophene rings is 1. The Morgan fingerprint density at radius 1 is 0.230 bits per heavy atom. The maximum atomic E-state index is 2.41. The summed E-state index contributed by atoms with van der Waals surface area (Å²) in [5.41, 5.74) is 17.9. The van der Waals surface area contributed by atoms with Gasteiger partial charge in [0.05, 0.1) is 0 Å². The third-order valence-corrected chi connectivity index (χ3v) is 16.1. The predicted molar refractivity (Wildman–Crippen MR) is 319 cm³/mol. The van der Waals surface area contributed by atoms with Gasteiger partial charge in [0.2, 0.25) is 0 Å². The van der Waals surface area contributed by atoms with Gasteiger partial charge in [0.25, 0.3) is 0 Å². The fraction of sp³-hybridized carbons (Fsp3) is 0. The van der Waals surface area contributed by atoms with E-state index in [2.05, 4.69) is 290 Å². The molecule has 2 heteroatoms. The number of anilines is 3. The minimum absolute atomic E-state index is 1.09. The van der Waals surface area contributed by atoms with Gasteiger partial charge in [0, 0.05) is 37.2 Å². The molecular weight excluding hydrogens is 911 g/mol. The summed E-state index contributed by atoms with van der Waals surface area (Å²) in [5, 5.41) is 10.2. The molecule has 0 saturated carbocycles. The molecule has 0 unspecified atom stereocenters. The Morgan fingerprint density at radius 3 is 1.31 bits per heavy atom. The molecule has 13 aromatic carbocycles. The van der Waals surface area contributed by atoms with Gasteiger partial charge in [-0.2, -0.15) is 0 Å². The maximum Gasteiger partial charge on any atom is 0.0462 e. The minimum atomic E-state index is 1.09. The summed E-state index contributed by atoms with van der Waals surface area (Å²) in [6.45, 7) is 0. The van der Waals surface area contributed by atoms with E-state index in [9.17, 15) is 0 Å². The van der Waals surface area contributed by atoms with Crippen LogP contribution in [0.15, 0.2) is 285 Å². The number of hydrogen-bond donors (Lipinski definition) is 0. The lowest BCUT2D eigenvalue weighted by atomic mass is 9.84. The number of rotatable bonds is 9. The van der Waals surface area contributed by atoms with E-state index in [1.807, 2.05) is 11.3 Å². The van der Waals surface area contributed by atoms with Gasteiger partial charge in [-0.15, -0.1) is 11.3 Å². The summed E-state index contributed by atoms with van der Waals surface area (Å²) < 4.78 is 2.64. The average Bonchev–Trinajstić information content (AvgIpc) is 3.87. The smallest absolute Gasteiger partial charge is 0.0462 e. The molecular formula is C72H47NS. The Balaban J connectivity index is 0.856. The van der Waals surface area contributed by atoms with Crippen LogP contribution in [-0.4, -0.2) is 0 Å². The van der Waals surface area contributed by atoms with Crippen molar-refractivity contribution in [3.05, 3.63) is 285 Å². The van der Waals surface area contributed by atoms with E-state index in [-0.39, 0.29) is 0 Å². The van der Waals surface area contributed by atoms with Crippen LogP contribution in [0, 0.1) is 0 Å². The monoisotopic (exact) mass is 957 g/mol. The first-order valence-corrected chi connectivity index (χ1v) is 26.2. The van der Waals surface area contributed by atoms with Crippen molar-refractivity contribution in [3.8, 4) is 66.8 Å².